The maximum atomic E-state index is 13.0. The molecule has 1 saturated carbocycles. The van der Waals surface area contributed by atoms with E-state index in [0.29, 0.717) is 11.7 Å². The highest BCUT2D eigenvalue weighted by Crippen LogP contribution is 2.29. The molecule has 1 aromatic carbocycles. The van der Waals surface area contributed by atoms with Crippen molar-refractivity contribution in [2.24, 2.45) is 0 Å². The minimum Gasteiger partial charge on any atom is -0.325 e. The highest BCUT2D eigenvalue weighted by Gasteiger charge is 2.35. The number of sulfonamides is 1. The molecule has 0 radical (unpaired) electrons. The van der Waals surface area contributed by atoms with Crippen molar-refractivity contribution in [2.45, 2.75) is 88.2 Å². The number of amides is 1. The summed E-state index contributed by atoms with van der Waals surface area (Å²) in [6, 6.07) is 6.98. The van der Waals surface area contributed by atoms with Crippen LogP contribution in [-0.4, -0.2) is 43.3 Å². The normalized spacial score (nSPS) is 24.8. The predicted octanol–water partition coefficient (Wildman–Crippen LogP) is 3.50. The molecule has 3 rings (SSSR count). The third-order valence-corrected chi connectivity index (χ3v) is 8.13. The Balaban J connectivity index is 1.58. The summed E-state index contributed by atoms with van der Waals surface area (Å²) < 4.78 is 27.7. The second-order valence-corrected chi connectivity index (χ2v) is 10.1. The van der Waals surface area contributed by atoms with Crippen LogP contribution in [0.5, 0.6) is 0 Å². The Hall–Kier alpha value is -1.44. The number of piperidine rings is 1. The van der Waals surface area contributed by atoms with Crippen LogP contribution in [0.2, 0.25) is 0 Å². The predicted molar refractivity (Wildman–Crippen MR) is 112 cm³/mol. The van der Waals surface area contributed by atoms with E-state index in [0.717, 1.165) is 32.1 Å². The van der Waals surface area contributed by atoms with Gasteiger partial charge in [0.05, 0.1) is 11.4 Å². The molecule has 1 amide bonds. The molecule has 2 aliphatic rings. The summed E-state index contributed by atoms with van der Waals surface area (Å²) in [7, 11) is -3.52. The average molecular weight is 408 g/mol. The minimum absolute atomic E-state index is 0.0130. The lowest BCUT2D eigenvalue weighted by Crippen LogP contribution is -2.47. The number of carbonyl (C=O) groups excluding carboxylic acids is 1. The van der Waals surface area contributed by atoms with Gasteiger partial charge in [0.2, 0.25) is 15.9 Å². The van der Waals surface area contributed by atoms with E-state index in [1.807, 2.05) is 13.8 Å². The smallest absolute Gasteiger partial charge is 0.243 e. The molecule has 1 saturated heterocycles. The first kappa shape index (κ1) is 21.3. The molecule has 7 heteroatoms. The highest BCUT2D eigenvalue weighted by atomic mass is 32.2. The van der Waals surface area contributed by atoms with Crippen molar-refractivity contribution < 1.29 is 13.2 Å². The molecule has 6 nitrogen and oxygen atoms in total. The van der Waals surface area contributed by atoms with Crippen molar-refractivity contribution in [1.29, 1.82) is 0 Å². The van der Waals surface area contributed by atoms with E-state index in [2.05, 4.69) is 10.6 Å². The van der Waals surface area contributed by atoms with E-state index in [1.165, 1.54) is 19.3 Å². The number of hydrogen-bond acceptors (Lipinski definition) is 4. The van der Waals surface area contributed by atoms with Gasteiger partial charge in [0.25, 0.3) is 0 Å². The fourth-order valence-electron chi connectivity index (χ4n) is 4.45. The lowest BCUT2D eigenvalue weighted by Gasteiger charge is -2.37. The third kappa shape index (κ3) is 5.13. The molecule has 0 spiro atoms. The topological polar surface area (TPSA) is 78.5 Å². The van der Waals surface area contributed by atoms with Crippen LogP contribution in [0, 0.1) is 0 Å². The lowest BCUT2D eigenvalue weighted by molar-refractivity contribution is -0.115. The van der Waals surface area contributed by atoms with Gasteiger partial charge in [-0.1, -0.05) is 25.7 Å². The molecule has 156 valence electrons. The standard InChI is InChI=1S/C21H33N3O3S/c1-16-7-6-8-17(2)24(16)28(26,27)20-13-11-19(12-14-20)23-21(25)15-22-18-9-4-3-5-10-18/h11-14,16-18,22H,3-10,15H2,1-2H3,(H,23,25)/t16-,17-/m1/s1. The summed E-state index contributed by atoms with van der Waals surface area (Å²) in [6.07, 6.45) is 8.85. The van der Waals surface area contributed by atoms with E-state index in [9.17, 15) is 13.2 Å². The first-order valence-electron chi connectivity index (χ1n) is 10.5. The van der Waals surface area contributed by atoms with E-state index >= 15 is 0 Å². The van der Waals surface area contributed by atoms with Crippen molar-refractivity contribution in [3.8, 4) is 0 Å². The molecule has 2 N–H and O–H groups in total. The summed E-state index contributed by atoms with van der Waals surface area (Å²) in [5.74, 6) is -0.0977. The van der Waals surface area contributed by atoms with Gasteiger partial charge < -0.3 is 10.6 Å². The van der Waals surface area contributed by atoms with E-state index in [1.54, 1.807) is 28.6 Å². The van der Waals surface area contributed by atoms with Crippen LogP contribution >= 0.6 is 0 Å². The van der Waals surface area contributed by atoms with Crippen molar-refractivity contribution in [3.05, 3.63) is 24.3 Å². The number of benzene rings is 1. The number of carbonyl (C=O) groups is 1. The van der Waals surface area contributed by atoms with Crippen LogP contribution in [0.4, 0.5) is 5.69 Å². The Morgan fingerprint density at radius 1 is 0.964 bits per heavy atom. The third-order valence-electron chi connectivity index (χ3n) is 5.98. The summed E-state index contributed by atoms with van der Waals surface area (Å²) in [6.45, 7) is 4.23. The Labute approximate surface area is 169 Å². The maximum absolute atomic E-state index is 13.0. The number of rotatable bonds is 6. The van der Waals surface area contributed by atoms with Gasteiger partial charge in [0.15, 0.2) is 0 Å². The van der Waals surface area contributed by atoms with E-state index < -0.39 is 10.0 Å². The molecule has 2 fully saturated rings. The summed E-state index contributed by atoms with van der Waals surface area (Å²) in [5.41, 5.74) is 0.620. The van der Waals surface area contributed by atoms with E-state index in [4.69, 9.17) is 0 Å². The van der Waals surface area contributed by atoms with Gasteiger partial charge in [-0.3, -0.25) is 4.79 Å². The van der Waals surface area contributed by atoms with Crippen LogP contribution in [-0.2, 0) is 14.8 Å². The largest absolute Gasteiger partial charge is 0.325 e. The lowest BCUT2D eigenvalue weighted by atomic mass is 9.95. The van der Waals surface area contributed by atoms with Gasteiger partial charge in [-0.2, -0.15) is 4.31 Å². The average Bonchev–Trinajstić information content (AvgIpc) is 2.67. The zero-order chi connectivity index (χ0) is 20.1. The second kappa shape index (κ2) is 9.37. The number of hydrogen-bond donors (Lipinski definition) is 2. The van der Waals surface area contributed by atoms with Gasteiger partial charge in [0.1, 0.15) is 0 Å². The maximum Gasteiger partial charge on any atom is 0.243 e. The summed E-state index contributed by atoms with van der Waals surface area (Å²) in [5, 5.41) is 6.16. The van der Waals surface area contributed by atoms with Gasteiger partial charge in [0, 0.05) is 23.8 Å². The second-order valence-electron chi connectivity index (χ2n) is 8.25. The zero-order valence-corrected chi connectivity index (χ0v) is 17.8. The van der Waals surface area contributed by atoms with Crippen LogP contribution < -0.4 is 10.6 Å². The quantitative estimate of drug-likeness (QED) is 0.756. The van der Waals surface area contributed by atoms with Crippen molar-refractivity contribution in [2.75, 3.05) is 11.9 Å². The van der Waals surface area contributed by atoms with Crippen LogP contribution in [0.15, 0.2) is 29.2 Å². The molecule has 28 heavy (non-hydrogen) atoms. The Kier molecular flexibility index (Phi) is 7.12. The number of nitrogens with zero attached hydrogens (tertiary/aromatic N) is 1. The van der Waals surface area contributed by atoms with Gasteiger partial charge >= 0.3 is 0 Å². The first-order valence-corrected chi connectivity index (χ1v) is 12.0. The van der Waals surface area contributed by atoms with Gasteiger partial charge in [-0.05, 0) is 63.8 Å². The fourth-order valence-corrected chi connectivity index (χ4v) is 6.33. The Morgan fingerprint density at radius 3 is 2.18 bits per heavy atom. The molecule has 1 aliphatic carbocycles. The van der Waals surface area contributed by atoms with Crippen LogP contribution in [0.1, 0.15) is 65.2 Å². The first-order chi connectivity index (χ1) is 13.4. The molecule has 0 aromatic heterocycles. The molecular formula is C21H33N3O3S. The summed E-state index contributed by atoms with van der Waals surface area (Å²) in [4.78, 5) is 12.5. The van der Waals surface area contributed by atoms with Gasteiger partial charge in [-0.25, -0.2) is 8.42 Å². The molecular weight excluding hydrogens is 374 g/mol. The molecule has 1 aliphatic heterocycles. The Morgan fingerprint density at radius 2 is 1.57 bits per heavy atom. The fraction of sp³-hybridized carbons (Fsp3) is 0.667. The SMILES string of the molecule is C[C@@H]1CCC[C@@H](C)N1S(=O)(=O)c1ccc(NC(=O)CNC2CCCCC2)cc1. The van der Waals surface area contributed by atoms with Crippen molar-refractivity contribution in [3.63, 3.8) is 0 Å². The highest BCUT2D eigenvalue weighted by molar-refractivity contribution is 7.89. The summed E-state index contributed by atoms with van der Waals surface area (Å²) >= 11 is 0. The van der Waals surface area contributed by atoms with Crippen molar-refractivity contribution >= 4 is 21.6 Å². The number of nitrogens with one attached hydrogen (secondary N) is 2. The van der Waals surface area contributed by atoms with Gasteiger partial charge in [-0.15, -0.1) is 0 Å². The minimum atomic E-state index is -3.52. The molecule has 0 unspecified atom stereocenters. The number of anilines is 1. The molecule has 1 aromatic rings. The molecule has 2 atom stereocenters. The zero-order valence-electron chi connectivity index (χ0n) is 17.0. The van der Waals surface area contributed by atoms with Crippen LogP contribution in [0.3, 0.4) is 0 Å². The molecule has 1 heterocycles. The van der Waals surface area contributed by atoms with E-state index in [-0.39, 0.29) is 29.4 Å². The Bertz CT molecular complexity index is 748. The molecule has 0 bridgehead atoms. The van der Waals surface area contributed by atoms with Crippen LogP contribution in [0.25, 0.3) is 0 Å². The van der Waals surface area contributed by atoms with Crippen molar-refractivity contribution in [1.82, 2.24) is 9.62 Å². The monoisotopic (exact) mass is 407 g/mol.